The molecule has 0 saturated heterocycles. The van der Waals surface area contributed by atoms with Gasteiger partial charge in [-0.3, -0.25) is 4.79 Å². The summed E-state index contributed by atoms with van der Waals surface area (Å²) < 4.78 is 0. The first-order valence-electron chi connectivity index (χ1n) is 10.9. The highest BCUT2D eigenvalue weighted by atomic mass is 35.5. The van der Waals surface area contributed by atoms with E-state index in [1.165, 1.54) is 0 Å². The van der Waals surface area contributed by atoms with Gasteiger partial charge in [0.2, 0.25) is 0 Å². The third-order valence-corrected chi connectivity index (χ3v) is 6.31. The van der Waals surface area contributed by atoms with E-state index in [1.807, 2.05) is 110 Å². The molecule has 3 nitrogen and oxygen atoms in total. The number of amides is 1. The van der Waals surface area contributed by atoms with Crippen molar-refractivity contribution in [3.05, 3.63) is 130 Å². The number of anilines is 2. The number of hydrogen-bond donors (Lipinski definition) is 0. The molecule has 4 aromatic rings. The molecule has 0 aliphatic rings. The third kappa shape index (κ3) is 4.79. The van der Waals surface area contributed by atoms with Gasteiger partial charge in [0.25, 0.3) is 5.91 Å². The Bertz CT molecular complexity index is 1200. The van der Waals surface area contributed by atoms with Crippen LogP contribution in [0.1, 0.15) is 33.1 Å². The minimum absolute atomic E-state index is 0.0281. The molecule has 0 aliphatic heterocycles. The number of carbonyl (C=O) groups is 1. The van der Waals surface area contributed by atoms with Crippen LogP contribution in [0.2, 0.25) is 5.02 Å². The lowest BCUT2D eigenvalue weighted by Gasteiger charge is -2.30. The normalized spacial score (nSPS) is 10.8. The van der Waals surface area contributed by atoms with E-state index in [-0.39, 0.29) is 11.9 Å². The Kier molecular flexibility index (Phi) is 6.81. The zero-order valence-electron chi connectivity index (χ0n) is 19.1. The maximum absolute atomic E-state index is 13.8. The third-order valence-electron chi connectivity index (χ3n) is 5.99. The van der Waals surface area contributed by atoms with E-state index in [2.05, 4.69) is 24.3 Å². The molecule has 4 heteroatoms. The molecule has 166 valence electrons. The number of para-hydroxylation sites is 1. The zero-order chi connectivity index (χ0) is 23.4. The van der Waals surface area contributed by atoms with Crippen molar-refractivity contribution >= 4 is 28.9 Å². The Hall–Kier alpha value is -3.56. The molecule has 0 spiro atoms. The summed E-state index contributed by atoms with van der Waals surface area (Å²) in [6, 6.07) is 33.7. The van der Waals surface area contributed by atoms with Gasteiger partial charge in [0.1, 0.15) is 0 Å². The highest BCUT2D eigenvalue weighted by molar-refractivity contribution is 6.33. The molecule has 33 heavy (non-hydrogen) atoms. The van der Waals surface area contributed by atoms with Gasteiger partial charge in [-0.1, -0.05) is 90.5 Å². The topological polar surface area (TPSA) is 23.6 Å². The molecule has 0 N–H and O–H groups in total. The van der Waals surface area contributed by atoms with Crippen LogP contribution in [0, 0.1) is 6.92 Å². The summed E-state index contributed by atoms with van der Waals surface area (Å²) in [7, 11) is 3.83. The lowest BCUT2D eigenvalue weighted by Crippen LogP contribution is -2.32. The predicted octanol–water partition coefficient (Wildman–Crippen LogP) is 7.28. The highest BCUT2D eigenvalue weighted by Gasteiger charge is 2.25. The van der Waals surface area contributed by atoms with Gasteiger partial charge in [-0.25, -0.2) is 0 Å². The van der Waals surface area contributed by atoms with Gasteiger partial charge in [-0.05, 0) is 47.9 Å². The second-order valence-corrected chi connectivity index (χ2v) is 8.56. The summed E-state index contributed by atoms with van der Waals surface area (Å²) in [6.07, 6.45) is 0. The van der Waals surface area contributed by atoms with Crippen molar-refractivity contribution in [1.29, 1.82) is 0 Å². The van der Waals surface area contributed by atoms with Gasteiger partial charge in [-0.2, -0.15) is 0 Å². The van der Waals surface area contributed by atoms with Crippen molar-refractivity contribution < 1.29 is 4.79 Å². The minimum Gasteiger partial charge on any atom is -0.343 e. The largest absolute Gasteiger partial charge is 0.343 e. The Morgan fingerprint density at radius 3 is 1.88 bits per heavy atom. The van der Waals surface area contributed by atoms with Crippen LogP contribution in [0.3, 0.4) is 0 Å². The van der Waals surface area contributed by atoms with Crippen LogP contribution in [0.5, 0.6) is 0 Å². The monoisotopic (exact) mass is 454 g/mol. The standard InChI is InChI=1S/C29H27ClN2O/c1-21-18-19-24(31(2)27-17-11-10-16-26(27)30)20-25(21)29(33)32(3)28(22-12-6-4-7-13-22)23-14-8-5-9-15-23/h4-20,28H,1-3H3. The lowest BCUT2D eigenvalue weighted by atomic mass is 9.96. The molecule has 0 radical (unpaired) electrons. The fourth-order valence-corrected chi connectivity index (χ4v) is 4.39. The molecule has 0 bridgehead atoms. The second kappa shape index (κ2) is 9.93. The summed E-state index contributed by atoms with van der Waals surface area (Å²) in [5.74, 6) is -0.0281. The second-order valence-electron chi connectivity index (χ2n) is 8.15. The van der Waals surface area contributed by atoms with E-state index in [4.69, 9.17) is 11.6 Å². The van der Waals surface area contributed by atoms with Crippen LogP contribution >= 0.6 is 11.6 Å². The molecule has 0 aliphatic carbocycles. The molecule has 0 fully saturated rings. The van der Waals surface area contributed by atoms with Crippen LogP contribution < -0.4 is 4.90 Å². The summed E-state index contributed by atoms with van der Waals surface area (Å²) in [5.41, 5.74) is 5.54. The smallest absolute Gasteiger partial charge is 0.254 e. The molecular weight excluding hydrogens is 428 g/mol. The molecule has 4 aromatic carbocycles. The van der Waals surface area contributed by atoms with E-state index < -0.39 is 0 Å². The molecule has 1 amide bonds. The predicted molar refractivity (Wildman–Crippen MR) is 138 cm³/mol. The fourth-order valence-electron chi connectivity index (χ4n) is 4.13. The van der Waals surface area contributed by atoms with Crippen LogP contribution in [0.15, 0.2) is 103 Å². The number of nitrogens with zero attached hydrogens (tertiary/aromatic N) is 2. The van der Waals surface area contributed by atoms with E-state index >= 15 is 0 Å². The summed E-state index contributed by atoms with van der Waals surface area (Å²) in [5, 5.41) is 0.666. The summed E-state index contributed by atoms with van der Waals surface area (Å²) in [6.45, 7) is 1.97. The molecular formula is C29H27ClN2O. The minimum atomic E-state index is -0.191. The van der Waals surface area contributed by atoms with Crippen LogP contribution in [-0.2, 0) is 0 Å². The molecule has 0 saturated carbocycles. The molecule has 4 rings (SSSR count). The van der Waals surface area contributed by atoms with Gasteiger partial charge in [0, 0.05) is 25.3 Å². The van der Waals surface area contributed by atoms with Crippen molar-refractivity contribution in [3.8, 4) is 0 Å². The average Bonchev–Trinajstić information content (AvgIpc) is 2.85. The number of rotatable bonds is 6. The quantitative estimate of drug-likeness (QED) is 0.305. The van der Waals surface area contributed by atoms with Gasteiger partial charge in [0.05, 0.1) is 16.8 Å². The SMILES string of the molecule is Cc1ccc(N(C)c2ccccc2Cl)cc1C(=O)N(C)C(c1ccccc1)c1ccccc1. The number of hydrogen-bond acceptors (Lipinski definition) is 2. The van der Waals surface area contributed by atoms with Crippen molar-refractivity contribution in [2.24, 2.45) is 0 Å². The Labute approximate surface area is 200 Å². The first-order chi connectivity index (χ1) is 16.0. The van der Waals surface area contributed by atoms with Crippen molar-refractivity contribution in [2.45, 2.75) is 13.0 Å². The Morgan fingerprint density at radius 1 is 0.758 bits per heavy atom. The highest BCUT2D eigenvalue weighted by Crippen LogP contribution is 2.33. The zero-order valence-corrected chi connectivity index (χ0v) is 19.8. The van der Waals surface area contributed by atoms with E-state index in [0.29, 0.717) is 10.6 Å². The molecule has 0 atom stereocenters. The number of halogens is 1. The van der Waals surface area contributed by atoms with E-state index in [9.17, 15) is 4.79 Å². The number of carbonyl (C=O) groups excluding carboxylic acids is 1. The number of benzene rings is 4. The first kappa shape index (κ1) is 22.6. The van der Waals surface area contributed by atoms with Crippen LogP contribution in [0.25, 0.3) is 0 Å². The molecule has 0 unspecified atom stereocenters. The maximum Gasteiger partial charge on any atom is 0.254 e. The van der Waals surface area contributed by atoms with Gasteiger partial charge in [0.15, 0.2) is 0 Å². The summed E-state index contributed by atoms with van der Waals surface area (Å²) in [4.78, 5) is 17.6. The van der Waals surface area contributed by atoms with Crippen molar-refractivity contribution in [3.63, 3.8) is 0 Å². The van der Waals surface area contributed by atoms with Gasteiger partial charge < -0.3 is 9.80 Å². The first-order valence-corrected chi connectivity index (χ1v) is 11.3. The maximum atomic E-state index is 13.8. The van der Waals surface area contributed by atoms with Gasteiger partial charge in [-0.15, -0.1) is 0 Å². The van der Waals surface area contributed by atoms with Crippen LogP contribution in [-0.4, -0.2) is 24.9 Å². The molecule has 0 heterocycles. The average molecular weight is 455 g/mol. The fraction of sp³-hybridized carbons (Fsp3) is 0.138. The van der Waals surface area contributed by atoms with Crippen molar-refractivity contribution in [2.75, 3.05) is 19.0 Å². The summed E-state index contributed by atoms with van der Waals surface area (Å²) >= 11 is 6.41. The van der Waals surface area contributed by atoms with Crippen molar-refractivity contribution in [1.82, 2.24) is 4.90 Å². The number of aryl methyl sites for hydroxylation is 1. The Balaban J connectivity index is 1.72. The van der Waals surface area contributed by atoms with E-state index in [1.54, 1.807) is 0 Å². The van der Waals surface area contributed by atoms with Gasteiger partial charge >= 0.3 is 0 Å². The molecule has 0 aromatic heterocycles. The Morgan fingerprint density at radius 2 is 1.30 bits per heavy atom. The van der Waals surface area contributed by atoms with E-state index in [0.717, 1.165) is 28.1 Å². The lowest BCUT2D eigenvalue weighted by molar-refractivity contribution is 0.0754. The van der Waals surface area contributed by atoms with Crippen LogP contribution in [0.4, 0.5) is 11.4 Å².